The van der Waals surface area contributed by atoms with Gasteiger partial charge in [0.2, 0.25) is 11.8 Å². The lowest BCUT2D eigenvalue weighted by Crippen LogP contribution is -2.54. The summed E-state index contributed by atoms with van der Waals surface area (Å²) in [5, 5.41) is 3.36. The molecule has 0 spiro atoms. The highest BCUT2D eigenvalue weighted by atomic mass is 35.5. The largest absolute Gasteiger partial charge is 0.350 e. The van der Waals surface area contributed by atoms with Gasteiger partial charge in [-0.25, -0.2) is 12.8 Å². The van der Waals surface area contributed by atoms with Crippen LogP contribution in [0.2, 0.25) is 5.02 Å². The summed E-state index contributed by atoms with van der Waals surface area (Å²) < 4.78 is 43.2. The molecule has 0 unspecified atom stereocenters. The summed E-state index contributed by atoms with van der Waals surface area (Å²) in [6.45, 7) is 8.11. The first-order valence-electron chi connectivity index (χ1n) is 12.4. The van der Waals surface area contributed by atoms with E-state index in [1.807, 2.05) is 27.7 Å². The number of nitrogens with zero attached hydrogens (tertiary/aromatic N) is 2. The highest BCUT2D eigenvalue weighted by Crippen LogP contribution is 2.27. The fourth-order valence-corrected chi connectivity index (χ4v) is 5.40. The van der Waals surface area contributed by atoms with E-state index in [2.05, 4.69) is 5.32 Å². The van der Waals surface area contributed by atoms with E-state index in [9.17, 15) is 22.4 Å². The molecular formula is C29H33ClFN3O4S. The van der Waals surface area contributed by atoms with Crippen LogP contribution in [-0.2, 0) is 26.2 Å². The van der Waals surface area contributed by atoms with Crippen LogP contribution in [0.5, 0.6) is 0 Å². The van der Waals surface area contributed by atoms with Gasteiger partial charge in [-0.1, -0.05) is 53.6 Å². The number of hydrogen-bond acceptors (Lipinski definition) is 4. The molecule has 3 rings (SSSR count). The molecule has 7 nitrogen and oxygen atoms in total. The zero-order chi connectivity index (χ0) is 29.0. The number of carbonyl (C=O) groups is 2. The molecule has 208 valence electrons. The summed E-state index contributed by atoms with van der Waals surface area (Å²) in [6, 6.07) is 17.2. The molecule has 0 aliphatic heterocycles. The Morgan fingerprint density at radius 1 is 0.974 bits per heavy atom. The predicted molar refractivity (Wildman–Crippen MR) is 151 cm³/mol. The number of nitrogens with one attached hydrogen (secondary N) is 1. The molecule has 0 radical (unpaired) electrons. The van der Waals surface area contributed by atoms with Crippen molar-refractivity contribution < 1.29 is 22.4 Å². The van der Waals surface area contributed by atoms with Crippen molar-refractivity contribution in [3.05, 3.63) is 94.8 Å². The Balaban J connectivity index is 2.04. The third-order valence-corrected chi connectivity index (χ3v) is 7.97. The normalized spacial score (nSPS) is 12.5. The zero-order valence-electron chi connectivity index (χ0n) is 22.6. The predicted octanol–water partition coefficient (Wildman–Crippen LogP) is 5.31. The summed E-state index contributed by atoms with van der Waals surface area (Å²) in [4.78, 5) is 28.1. The van der Waals surface area contributed by atoms with Gasteiger partial charge in [-0.05, 0) is 76.6 Å². The fraction of sp³-hybridized carbons (Fsp3) is 0.310. The maximum Gasteiger partial charge on any atom is 0.264 e. The van der Waals surface area contributed by atoms with Crippen LogP contribution in [0.4, 0.5) is 10.1 Å². The highest BCUT2D eigenvalue weighted by molar-refractivity contribution is 7.92. The van der Waals surface area contributed by atoms with Crippen LogP contribution in [0.3, 0.4) is 0 Å². The summed E-state index contributed by atoms with van der Waals surface area (Å²) in [6.07, 6.45) is 0. The molecule has 3 aromatic carbocycles. The van der Waals surface area contributed by atoms with E-state index >= 15 is 0 Å². The van der Waals surface area contributed by atoms with Crippen LogP contribution in [0.1, 0.15) is 38.8 Å². The minimum absolute atomic E-state index is 0.00439. The van der Waals surface area contributed by atoms with Crippen LogP contribution in [0, 0.1) is 12.7 Å². The molecule has 0 bridgehead atoms. The second-order valence-corrected chi connectivity index (χ2v) is 12.6. The van der Waals surface area contributed by atoms with Gasteiger partial charge in [-0.15, -0.1) is 0 Å². The number of amides is 2. The lowest BCUT2D eigenvalue weighted by molar-refractivity contribution is -0.140. The maximum absolute atomic E-state index is 15.0. The van der Waals surface area contributed by atoms with Gasteiger partial charge in [0.05, 0.1) is 10.6 Å². The number of aryl methyl sites for hydroxylation is 1. The minimum Gasteiger partial charge on any atom is -0.350 e. The zero-order valence-corrected chi connectivity index (χ0v) is 24.2. The summed E-state index contributed by atoms with van der Waals surface area (Å²) in [5.41, 5.74) is 0.691. The van der Waals surface area contributed by atoms with Crippen molar-refractivity contribution in [2.45, 2.75) is 57.6 Å². The number of carbonyl (C=O) groups excluding carboxylic acids is 2. The molecule has 0 saturated carbocycles. The maximum atomic E-state index is 15.0. The third kappa shape index (κ3) is 7.80. The Morgan fingerprint density at radius 2 is 1.56 bits per heavy atom. The molecule has 2 amide bonds. The first-order chi connectivity index (χ1) is 18.2. The van der Waals surface area contributed by atoms with Crippen molar-refractivity contribution in [2.24, 2.45) is 0 Å². The third-order valence-electron chi connectivity index (χ3n) is 5.94. The van der Waals surface area contributed by atoms with Gasteiger partial charge >= 0.3 is 0 Å². The first kappa shape index (κ1) is 30.1. The monoisotopic (exact) mass is 573 g/mol. The van der Waals surface area contributed by atoms with Gasteiger partial charge < -0.3 is 10.2 Å². The van der Waals surface area contributed by atoms with Gasteiger partial charge in [0.1, 0.15) is 18.4 Å². The molecule has 0 aliphatic rings. The van der Waals surface area contributed by atoms with Crippen LogP contribution in [0.25, 0.3) is 0 Å². The van der Waals surface area contributed by atoms with Crippen molar-refractivity contribution in [1.29, 1.82) is 0 Å². The molecular weight excluding hydrogens is 541 g/mol. The van der Waals surface area contributed by atoms with Crippen LogP contribution >= 0.6 is 11.6 Å². The van der Waals surface area contributed by atoms with Crippen molar-refractivity contribution in [3.63, 3.8) is 0 Å². The molecule has 0 aromatic heterocycles. The van der Waals surface area contributed by atoms with Gasteiger partial charge in [-0.2, -0.15) is 0 Å². The molecule has 0 fully saturated rings. The number of rotatable bonds is 9. The summed E-state index contributed by atoms with van der Waals surface area (Å²) >= 11 is 6.01. The Kier molecular flexibility index (Phi) is 9.40. The van der Waals surface area contributed by atoms with Gasteiger partial charge in [0.15, 0.2) is 0 Å². The average molecular weight is 574 g/mol. The minimum atomic E-state index is -4.35. The standard InChI is InChI=1S/C29H33ClFN3O4S/c1-20-10-16-24(17-11-20)39(37,38)34(26-9-7-6-8-25(26)31)19-27(35)33(18-22-12-14-23(30)15-13-22)21(2)28(36)32-29(3,4)5/h6-17,21H,18-19H2,1-5H3,(H,32,36)/t21-/m0/s1. The van der Waals surface area contributed by atoms with Gasteiger partial charge in [-0.3, -0.25) is 13.9 Å². The summed E-state index contributed by atoms with van der Waals surface area (Å²) in [5.74, 6) is -1.90. The van der Waals surface area contributed by atoms with Crippen LogP contribution < -0.4 is 9.62 Å². The molecule has 3 aromatic rings. The van der Waals surface area contributed by atoms with E-state index < -0.39 is 45.8 Å². The Labute approximate surface area is 234 Å². The van der Waals surface area contributed by atoms with E-state index in [1.54, 1.807) is 43.3 Å². The fourth-order valence-electron chi connectivity index (χ4n) is 3.85. The molecule has 1 N–H and O–H groups in total. The number of sulfonamides is 1. The number of anilines is 1. The van der Waals surface area contributed by atoms with E-state index in [-0.39, 0.29) is 17.1 Å². The number of halogens is 2. The number of para-hydroxylation sites is 1. The molecule has 39 heavy (non-hydrogen) atoms. The topological polar surface area (TPSA) is 86.8 Å². The van der Waals surface area contributed by atoms with Crippen molar-refractivity contribution >= 4 is 39.1 Å². The molecule has 0 saturated heterocycles. The SMILES string of the molecule is Cc1ccc(S(=O)(=O)N(CC(=O)N(Cc2ccc(Cl)cc2)[C@@H](C)C(=O)NC(C)(C)C)c2ccccc2F)cc1. The quantitative estimate of drug-likeness (QED) is 0.376. The highest BCUT2D eigenvalue weighted by Gasteiger charge is 2.34. The van der Waals surface area contributed by atoms with Gasteiger partial charge in [0, 0.05) is 17.1 Å². The Morgan fingerprint density at radius 3 is 2.13 bits per heavy atom. The lowest BCUT2D eigenvalue weighted by Gasteiger charge is -2.33. The summed E-state index contributed by atoms with van der Waals surface area (Å²) in [7, 11) is -4.35. The van der Waals surface area contributed by atoms with Crippen molar-refractivity contribution in [1.82, 2.24) is 10.2 Å². The molecule has 0 heterocycles. The number of hydrogen-bond donors (Lipinski definition) is 1. The van der Waals surface area contributed by atoms with Crippen LogP contribution in [-0.4, -0.2) is 43.3 Å². The smallest absolute Gasteiger partial charge is 0.264 e. The molecule has 0 aliphatic carbocycles. The second kappa shape index (κ2) is 12.2. The number of benzene rings is 3. The van der Waals surface area contributed by atoms with E-state index in [0.29, 0.717) is 10.6 Å². The van der Waals surface area contributed by atoms with Crippen molar-refractivity contribution in [3.8, 4) is 0 Å². The first-order valence-corrected chi connectivity index (χ1v) is 14.2. The van der Waals surface area contributed by atoms with Gasteiger partial charge in [0.25, 0.3) is 10.0 Å². The molecule has 10 heteroatoms. The average Bonchev–Trinajstić information content (AvgIpc) is 2.86. The van der Waals surface area contributed by atoms with Crippen LogP contribution in [0.15, 0.2) is 77.7 Å². The lowest BCUT2D eigenvalue weighted by atomic mass is 10.1. The molecule has 1 atom stereocenters. The Bertz CT molecular complexity index is 1420. The van der Waals surface area contributed by atoms with E-state index in [4.69, 9.17) is 11.6 Å². The van der Waals surface area contributed by atoms with E-state index in [0.717, 1.165) is 15.9 Å². The second-order valence-electron chi connectivity index (χ2n) is 10.3. The van der Waals surface area contributed by atoms with E-state index in [1.165, 1.54) is 35.2 Å². The van der Waals surface area contributed by atoms with Crippen molar-refractivity contribution in [2.75, 3.05) is 10.8 Å². The Hall–Kier alpha value is -3.43.